The van der Waals surface area contributed by atoms with Crippen LogP contribution in [0.2, 0.25) is 0 Å². The lowest BCUT2D eigenvalue weighted by atomic mass is 9.98. The molecule has 16 nitrogen and oxygen atoms in total. The number of benzene rings is 1. The average Bonchev–Trinajstić information content (AvgIpc) is 3.28. The Morgan fingerprint density at radius 1 is 0.659 bits per heavy atom. The molecule has 3 aliphatic heterocycles. The summed E-state index contributed by atoms with van der Waals surface area (Å²) in [5.74, 6) is 0. The molecule has 0 aromatic heterocycles. The molecule has 3 heterocycles. The Labute approximate surface area is 234 Å². The van der Waals surface area contributed by atoms with Crippen LogP contribution in [0.1, 0.15) is 5.56 Å². The van der Waals surface area contributed by atoms with Gasteiger partial charge in [0.2, 0.25) is 0 Å². The number of hydrogen-bond donors (Lipinski definition) is 10. The van der Waals surface area contributed by atoms with E-state index in [0.717, 1.165) is 0 Å². The van der Waals surface area contributed by atoms with Gasteiger partial charge in [-0.15, -0.1) is 0 Å². The summed E-state index contributed by atoms with van der Waals surface area (Å²) in [6, 6.07) is 8.83. The second kappa shape index (κ2) is 14.4. The third kappa shape index (κ3) is 7.05. The van der Waals surface area contributed by atoms with Crippen LogP contribution in [0, 0.1) is 0 Å². The molecule has 0 radical (unpaired) electrons. The van der Waals surface area contributed by atoms with Gasteiger partial charge < -0.3 is 79.5 Å². The van der Waals surface area contributed by atoms with Gasteiger partial charge in [0.1, 0.15) is 73.2 Å². The van der Waals surface area contributed by atoms with Crippen molar-refractivity contribution >= 4 is 0 Å². The molecule has 3 aliphatic rings. The maximum Gasteiger partial charge on any atom is 0.187 e. The van der Waals surface area contributed by atoms with Crippen LogP contribution < -0.4 is 0 Å². The summed E-state index contributed by atoms with van der Waals surface area (Å²) in [6.45, 7) is -2.34. The van der Waals surface area contributed by atoms with E-state index < -0.39 is 112 Å². The first-order valence-corrected chi connectivity index (χ1v) is 13.1. The van der Waals surface area contributed by atoms with Gasteiger partial charge in [0, 0.05) is 0 Å². The highest BCUT2D eigenvalue weighted by molar-refractivity contribution is 5.13. The minimum absolute atomic E-state index is 0.0366. The topological polar surface area (TPSA) is 258 Å². The van der Waals surface area contributed by atoms with Crippen LogP contribution in [0.5, 0.6) is 0 Å². The molecule has 10 N–H and O–H groups in total. The van der Waals surface area contributed by atoms with Crippen LogP contribution in [-0.2, 0) is 35.0 Å². The normalized spacial score (nSPS) is 44.1. The molecular formula is C25H38O16. The lowest BCUT2D eigenvalue weighted by Crippen LogP contribution is -2.62. The Morgan fingerprint density at radius 2 is 1.27 bits per heavy atom. The molecule has 4 rings (SSSR count). The first-order valence-electron chi connectivity index (χ1n) is 13.1. The predicted octanol–water partition coefficient (Wildman–Crippen LogP) is -5.35. The SMILES string of the molecule is OC[C@@H](O)[C@@H]1O[C@@H](O[C@H]2[C@H](O)[C@@H](CO)O[C@H](O)[C@@H]2OCc2ccccc2)[C@H](O)[C@H]1O[C@@H]1O[C@H](CO)[C@H](O)[C@H](O)[C@H]1O. The van der Waals surface area contributed by atoms with E-state index in [2.05, 4.69) is 0 Å². The number of rotatable bonds is 11. The Balaban J connectivity index is 1.53. The molecule has 15 atom stereocenters. The Bertz CT molecular complexity index is 924. The molecule has 0 saturated carbocycles. The summed E-state index contributed by atoms with van der Waals surface area (Å²) in [6.07, 6.45) is -24.0. The first kappa shape index (κ1) is 32.5. The minimum Gasteiger partial charge on any atom is -0.394 e. The third-order valence-electron chi connectivity index (χ3n) is 7.33. The van der Waals surface area contributed by atoms with Crippen molar-refractivity contribution in [3.05, 3.63) is 35.9 Å². The van der Waals surface area contributed by atoms with E-state index in [4.69, 9.17) is 28.4 Å². The summed E-state index contributed by atoms with van der Waals surface area (Å²) in [4.78, 5) is 0. The maximum absolute atomic E-state index is 11.1. The second-order valence-corrected chi connectivity index (χ2v) is 10.1. The number of aliphatic hydroxyl groups excluding tert-OH is 10. The molecule has 41 heavy (non-hydrogen) atoms. The highest BCUT2D eigenvalue weighted by Crippen LogP contribution is 2.34. The lowest BCUT2D eigenvalue weighted by molar-refractivity contribution is -0.331. The molecule has 16 heteroatoms. The minimum atomic E-state index is -1.85. The quantitative estimate of drug-likeness (QED) is 0.115. The Morgan fingerprint density at radius 3 is 1.90 bits per heavy atom. The zero-order chi connectivity index (χ0) is 29.8. The fourth-order valence-electron chi connectivity index (χ4n) is 4.99. The van der Waals surface area contributed by atoms with Crippen molar-refractivity contribution in [3.8, 4) is 0 Å². The number of ether oxygens (including phenoxy) is 6. The zero-order valence-corrected chi connectivity index (χ0v) is 21.8. The first-order chi connectivity index (χ1) is 19.6. The van der Waals surface area contributed by atoms with Gasteiger partial charge in [-0.3, -0.25) is 0 Å². The van der Waals surface area contributed by atoms with Crippen LogP contribution >= 0.6 is 0 Å². The van der Waals surface area contributed by atoms with Crippen molar-refractivity contribution in [1.29, 1.82) is 0 Å². The van der Waals surface area contributed by atoms with E-state index in [9.17, 15) is 51.1 Å². The van der Waals surface area contributed by atoms with Gasteiger partial charge in [-0.2, -0.15) is 0 Å². The van der Waals surface area contributed by atoms with Crippen LogP contribution in [0.4, 0.5) is 0 Å². The van der Waals surface area contributed by atoms with Crippen molar-refractivity contribution in [2.24, 2.45) is 0 Å². The van der Waals surface area contributed by atoms with E-state index in [1.165, 1.54) is 0 Å². The highest BCUT2D eigenvalue weighted by Gasteiger charge is 2.55. The van der Waals surface area contributed by atoms with E-state index >= 15 is 0 Å². The van der Waals surface area contributed by atoms with Gasteiger partial charge in [-0.1, -0.05) is 30.3 Å². The number of hydrogen-bond acceptors (Lipinski definition) is 16. The Kier molecular flexibility index (Phi) is 11.4. The van der Waals surface area contributed by atoms with Gasteiger partial charge in [0.15, 0.2) is 18.9 Å². The predicted molar refractivity (Wildman–Crippen MR) is 130 cm³/mol. The number of aliphatic hydroxyl groups is 10. The van der Waals surface area contributed by atoms with Crippen LogP contribution in [-0.4, -0.2) is 163 Å². The molecule has 1 aromatic rings. The summed E-state index contributed by atoms with van der Waals surface area (Å²) >= 11 is 0. The van der Waals surface area contributed by atoms with Gasteiger partial charge in [-0.25, -0.2) is 0 Å². The van der Waals surface area contributed by atoms with Crippen molar-refractivity contribution in [2.45, 2.75) is 98.7 Å². The standard InChI is InChI=1S/C25H38O16/c26-6-11(29)19-21(41-24-17(33)16(32)14(30)12(7-27)38-24)18(34)25(39-19)40-20-15(31)13(8-28)37-23(35)22(20)36-9-10-4-2-1-3-5-10/h1-5,11-35H,6-9H2/t11-,12-,13-,14+,15-,16+,17-,18-,19+,20+,21-,22-,23+,24+,25+/m1/s1. The fraction of sp³-hybridized carbons (Fsp3) is 0.760. The lowest BCUT2D eigenvalue weighted by Gasteiger charge is -2.43. The molecular weight excluding hydrogens is 556 g/mol. The van der Waals surface area contributed by atoms with Gasteiger partial charge >= 0.3 is 0 Å². The van der Waals surface area contributed by atoms with Gasteiger partial charge in [-0.05, 0) is 5.56 Å². The third-order valence-corrected chi connectivity index (χ3v) is 7.33. The van der Waals surface area contributed by atoms with Crippen molar-refractivity contribution < 1.29 is 79.5 Å². The maximum atomic E-state index is 11.1. The molecule has 0 amide bonds. The Hall–Kier alpha value is -1.42. The summed E-state index contributed by atoms with van der Waals surface area (Å²) < 4.78 is 33.4. The second-order valence-electron chi connectivity index (χ2n) is 10.1. The molecule has 3 saturated heterocycles. The van der Waals surface area contributed by atoms with Gasteiger partial charge in [0.25, 0.3) is 0 Å². The highest BCUT2D eigenvalue weighted by atomic mass is 16.8. The molecule has 1 aromatic carbocycles. The van der Waals surface area contributed by atoms with Crippen LogP contribution in [0.25, 0.3) is 0 Å². The van der Waals surface area contributed by atoms with E-state index in [0.29, 0.717) is 5.56 Å². The summed E-state index contributed by atoms with van der Waals surface area (Å²) in [5, 5.41) is 102. The summed E-state index contributed by atoms with van der Waals surface area (Å²) in [5.41, 5.74) is 0.716. The molecule has 3 fully saturated rings. The smallest absolute Gasteiger partial charge is 0.187 e. The molecule has 0 unspecified atom stereocenters. The van der Waals surface area contributed by atoms with E-state index in [1.54, 1.807) is 30.3 Å². The van der Waals surface area contributed by atoms with Crippen LogP contribution in [0.3, 0.4) is 0 Å². The molecule has 0 aliphatic carbocycles. The monoisotopic (exact) mass is 594 g/mol. The van der Waals surface area contributed by atoms with E-state index in [1.807, 2.05) is 0 Å². The molecule has 234 valence electrons. The van der Waals surface area contributed by atoms with Crippen molar-refractivity contribution in [1.82, 2.24) is 0 Å². The fourth-order valence-corrected chi connectivity index (χ4v) is 4.99. The van der Waals surface area contributed by atoms with E-state index in [-0.39, 0.29) is 6.61 Å². The molecule has 0 bridgehead atoms. The van der Waals surface area contributed by atoms with Gasteiger partial charge in [0.05, 0.1) is 26.4 Å². The summed E-state index contributed by atoms with van der Waals surface area (Å²) in [7, 11) is 0. The zero-order valence-electron chi connectivity index (χ0n) is 21.8. The molecule has 0 spiro atoms. The largest absolute Gasteiger partial charge is 0.394 e. The van der Waals surface area contributed by atoms with Crippen molar-refractivity contribution in [3.63, 3.8) is 0 Å². The average molecular weight is 595 g/mol. The van der Waals surface area contributed by atoms with Crippen molar-refractivity contribution in [2.75, 3.05) is 19.8 Å². The van der Waals surface area contributed by atoms with Crippen LogP contribution in [0.15, 0.2) is 30.3 Å².